The first-order valence-corrected chi connectivity index (χ1v) is 9.37. The predicted octanol–water partition coefficient (Wildman–Crippen LogP) is 2.41. The van der Waals surface area contributed by atoms with Gasteiger partial charge in [0.05, 0.1) is 16.8 Å². The summed E-state index contributed by atoms with van der Waals surface area (Å²) in [6.45, 7) is 7.94. The smallest absolute Gasteiger partial charge is 0.299 e. The lowest BCUT2D eigenvalue weighted by Gasteiger charge is -2.32. The van der Waals surface area contributed by atoms with Crippen LogP contribution in [-0.4, -0.2) is 67.2 Å². The molecule has 0 aliphatic carbocycles. The maximum absolute atomic E-state index is 5.98. The van der Waals surface area contributed by atoms with Crippen LogP contribution in [0.15, 0.2) is 41.5 Å². The summed E-state index contributed by atoms with van der Waals surface area (Å²) in [6.07, 6.45) is 3.66. The Bertz CT molecular complexity index is 746. The minimum atomic E-state index is 0.593. The molecule has 3 heterocycles. The van der Waals surface area contributed by atoms with Crippen LogP contribution < -0.4 is 4.90 Å². The number of amidine groups is 1. The fourth-order valence-corrected chi connectivity index (χ4v) is 3.85. The van der Waals surface area contributed by atoms with Crippen LogP contribution in [0.5, 0.6) is 0 Å². The van der Waals surface area contributed by atoms with Crippen molar-refractivity contribution in [2.75, 3.05) is 51.3 Å². The molecule has 131 valence electrons. The van der Waals surface area contributed by atoms with Crippen molar-refractivity contribution in [3.8, 4) is 0 Å². The SMILES string of the molecule is CN1CCN(CCOC2=NC=C[CH]N2c2nc3ccccc3s2)CC1. The molecule has 4 rings (SSSR count). The summed E-state index contributed by atoms with van der Waals surface area (Å²) in [4.78, 5) is 15.8. The molecule has 2 aliphatic rings. The van der Waals surface area contributed by atoms with E-state index in [0.29, 0.717) is 12.6 Å². The van der Waals surface area contributed by atoms with E-state index >= 15 is 0 Å². The monoisotopic (exact) mass is 356 g/mol. The maximum Gasteiger partial charge on any atom is 0.299 e. The van der Waals surface area contributed by atoms with Crippen molar-refractivity contribution in [1.82, 2.24) is 14.8 Å². The van der Waals surface area contributed by atoms with E-state index in [1.54, 1.807) is 17.5 Å². The second kappa shape index (κ2) is 7.51. The van der Waals surface area contributed by atoms with Crippen molar-refractivity contribution in [3.63, 3.8) is 0 Å². The quantitative estimate of drug-likeness (QED) is 0.842. The van der Waals surface area contributed by atoms with Crippen LogP contribution >= 0.6 is 11.3 Å². The van der Waals surface area contributed by atoms with Gasteiger partial charge in [-0.1, -0.05) is 23.5 Å². The van der Waals surface area contributed by atoms with Crippen molar-refractivity contribution < 1.29 is 4.74 Å². The molecule has 1 saturated heterocycles. The number of ether oxygens (including phenoxy) is 1. The molecule has 7 heteroatoms. The van der Waals surface area contributed by atoms with Crippen molar-refractivity contribution in [2.24, 2.45) is 4.99 Å². The van der Waals surface area contributed by atoms with Crippen molar-refractivity contribution in [3.05, 3.63) is 43.1 Å². The number of para-hydroxylation sites is 1. The molecule has 1 fully saturated rings. The number of thiazole rings is 1. The third-order valence-electron chi connectivity index (χ3n) is 4.44. The molecule has 0 spiro atoms. The van der Waals surface area contributed by atoms with E-state index in [1.807, 2.05) is 35.7 Å². The van der Waals surface area contributed by atoms with E-state index in [-0.39, 0.29) is 0 Å². The molecule has 2 aromatic rings. The summed E-state index contributed by atoms with van der Waals surface area (Å²) < 4.78 is 7.14. The van der Waals surface area contributed by atoms with Gasteiger partial charge in [0.2, 0.25) is 0 Å². The zero-order valence-corrected chi connectivity index (χ0v) is 15.2. The number of piperazine rings is 1. The van der Waals surface area contributed by atoms with E-state index in [9.17, 15) is 0 Å². The number of nitrogens with zero attached hydrogens (tertiary/aromatic N) is 5. The van der Waals surface area contributed by atoms with Gasteiger partial charge in [0.15, 0.2) is 5.13 Å². The van der Waals surface area contributed by atoms with E-state index < -0.39 is 0 Å². The van der Waals surface area contributed by atoms with Gasteiger partial charge in [0, 0.05) is 38.9 Å². The number of fused-ring (bicyclic) bond motifs is 1. The molecule has 1 aromatic carbocycles. The Hall–Kier alpha value is -1.96. The fraction of sp³-hybridized carbons (Fsp3) is 0.389. The maximum atomic E-state index is 5.98. The van der Waals surface area contributed by atoms with Gasteiger partial charge < -0.3 is 9.64 Å². The summed E-state index contributed by atoms with van der Waals surface area (Å²) in [5.41, 5.74) is 1.00. The Morgan fingerprint density at radius 2 is 2.00 bits per heavy atom. The summed E-state index contributed by atoms with van der Waals surface area (Å²) in [5, 5.41) is 0.879. The molecule has 0 N–H and O–H groups in total. The zero-order chi connectivity index (χ0) is 17.1. The molecule has 0 amide bonds. The molecule has 0 atom stereocenters. The first-order valence-electron chi connectivity index (χ1n) is 8.56. The lowest BCUT2D eigenvalue weighted by Crippen LogP contribution is -2.46. The molecule has 1 aromatic heterocycles. The minimum absolute atomic E-state index is 0.593. The molecular weight excluding hydrogens is 334 g/mol. The highest BCUT2D eigenvalue weighted by Crippen LogP contribution is 2.30. The Kier molecular flexibility index (Phi) is 4.96. The third-order valence-corrected chi connectivity index (χ3v) is 5.47. The summed E-state index contributed by atoms with van der Waals surface area (Å²) >= 11 is 1.64. The van der Waals surface area contributed by atoms with E-state index in [4.69, 9.17) is 9.72 Å². The first-order chi connectivity index (χ1) is 12.3. The number of anilines is 1. The first kappa shape index (κ1) is 16.5. The number of benzene rings is 1. The van der Waals surface area contributed by atoms with Crippen molar-refractivity contribution in [2.45, 2.75) is 0 Å². The molecule has 2 aliphatic heterocycles. The van der Waals surface area contributed by atoms with Gasteiger partial charge in [-0.15, -0.1) is 0 Å². The number of likely N-dealkylation sites (N-methyl/N-ethyl adjacent to an activating group) is 1. The van der Waals surface area contributed by atoms with Gasteiger partial charge >= 0.3 is 0 Å². The number of aliphatic imine (C=N–C) groups is 1. The van der Waals surface area contributed by atoms with Gasteiger partial charge in [0.25, 0.3) is 6.02 Å². The highest BCUT2D eigenvalue weighted by Gasteiger charge is 2.21. The van der Waals surface area contributed by atoms with Gasteiger partial charge in [-0.3, -0.25) is 9.80 Å². The highest BCUT2D eigenvalue weighted by atomic mass is 32.1. The Morgan fingerprint density at radius 3 is 2.84 bits per heavy atom. The molecule has 1 radical (unpaired) electrons. The van der Waals surface area contributed by atoms with Crippen LogP contribution in [0.25, 0.3) is 10.2 Å². The van der Waals surface area contributed by atoms with Crippen molar-refractivity contribution in [1.29, 1.82) is 0 Å². The summed E-state index contributed by atoms with van der Waals surface area (Å²) in [5.74, 6) is 0. The lowest BCUT2D eigenvalue weighted by atomic mass is 10.3. The normalized spacial score (nSPS) is 19.4. The van der Waals surface area contributed by atoms with Gasteiger partial charge in [0.1, 0.15) is 6.61 Å². The number of hydrogen-bond acceptors (Lipinski definition) is 7. The lowest BCUT2D eigenvalue weighted by molar-refractivity contribution is 0.130. The molecule has 0 bridgehead atoms. The Balaban J connectivity index is 1.39. The van der Waals surface area contributed by atoms with Crippen LogP contribution in [0.4, 0.5) is 5.13 Å². The van der Waals surface area contributed by atoms with E-state index in [2.05, 4.69) is 27.9 Å². The molecular formula is C18H22N5OS. The zero-order valence-electron chi connectivity index (χ0n) is 14.3. The van der Waals surface area contributed by atoms with Gasteiger partial charge in [-0.05, 0) is 25.3 Å². The molecule has 25 heavy (non-hydrogen) atoms. The minimum Gasteiger partial charge on any atom is -0.463 e. The number of aromatic nitrogens is 1. The molecule has 0 saturated carbocycles. The average molecular weight is 356 g/mol. The average Bonchev–Trinajstić information content (AvgIpc) is 3.08. The molecule has 0 unspecified atom stereocenters. The second-order valence-electron chi connectivity index (χ2n) is 6.23. The summed E-state index contributed by atoms with van der Waals surface area (Å²) in [6, 6.07) is 8.75. The van der Waals surface area contributed by atoms with E-state index in [1.165, 1.54) is 0 Å². The van der Waals surface area contributed by atoms with E-state index in [0.717, 1.165) is 48.1 Å². The van der Waals surface area contributed by atoms with Gasteiger partial charge in [-0.25, -0.2) is 9.98 Å². The predicted molar refractivity (Wildman–Crippen MR) is 103 cm³/mol. The van der Waals surface area contributed by atoms with Crippen LogP contribution in [-0.2, 0) is 4.74 Å². The molecule has 6 nitrogen and oxygen atoms in total. The Morgan fingerprint density at radius 1 is 1.16 bits per heavy atom. The number of hydrogen-bond donors (Lipinski definition) is 0. The van der Waals surface area contributed by atoms with Crippen LogP contribution in [0.1, 0.15) is 0 Å². The number of rotatable bonds is 4. The second-order valence-corrected chi connectivity index (χ2v) is 7.24. The van der Waals surface area contributed by atoms with Crippen LogP contribution in [0.2, 0.25) is 0 Å². The highest BCUT2D eigenvalue weighted by molar-refractivity contribution is 7.22. The fourth-order valence-electron chi connectivity index (χ4n) is 2.91. The van der Waals surface area contributed by atoms with Crippen molar-refractivity contribution >= 4 is 32.7 Å². The largest absolute Gasteiger partial charge is 0.463 e. The van der Waals surface area contributed by atoms with Gasteiger partial charge in [-0.2, -0.15) is 0 Å². The Labute approximate surface area is 152 Å². The summed E-state index contributed by atoms with van der Waals surface area (Å²) in [7, 11) is 2.17. The van der Waals surface area contributed by atoms with Crippen LogP contribution in [0, 0.1) is 6.54 Å². The van der Waals surface area contributed by atoms with Crippen LogP contribution in [0.3, 0.4) is 0 Å². The topological polar surface area (TPSA) is 44.2 Å². The third kappa shape index (κ3) is 3.84. The standard InChI is InChI=1S/C18H22N5OS/c1-21-9-11-22(12-10-21)13-14-24-17-19-7-4-8-23(17)18-20-15-5-2-3-6-16(15)25-18/h2-8H,9-14H2,1H3.